The van der Waals surface area contributed by atoms with E-state index in [9.17, 15) is 4.79 Å². The van der Waals surface area contributed by atoms with Crippen molar-refractivity contribution in [3.8, 4) is 0 Å². The zero-order valence-corrected chi connectivity index (χ0v) is 15.4. The summed E-state index contributed by atoms with van der Waals surface area (Å²) < 4.78 is 0. The van der Waals surface area contributed by atoms with Crippen LogP contribution in [0.1, 0.15) is 46.0 Å². The van der Waals surface area contributed by atoms with Crippen LogP contribution in [0.2, 0.25) is 0 Å². The van der Waals surface area contributed by atoms with Gasteiger partial charge in [0.1, 0.15) is 0 Å². The monoisotopic (exact) mass is 325 g/mol. The minimum absolute atomic E-state index is 0.132. The Morgan fingerprint density at radius 1 is 1.30 bits per heavy atom. The SMILES string of the molecule is CCNC(=NCCCN1CCCCC1C)NCCC(=O)N(C)C. The van der Waals surface area contributed by atoms with E-state index in [-0.39, 0.29) is 5.91 Å². The van der Waals surface area contributed by atoms with Crippen LogP contribution in [0.5, 0.6) is 0 Å². The van der Waals surface area contributed by atoms with Crippen molar-refractivity contribution in [2.45, 2.75) is 52.0 Å². The first-order valence-corrected chi connectivity index (χ1v) is 9.01. The predicted molar refractivity (Wildman–Crippen MR) is 96.8 cm³/mol. The van der Waals surface area contributed by atoms with Crippen molar-refractivity contribution in [2.24, 2.45) is 4.99 Å². The second kappa shape index (κ2) is 11.3. The summed E-state index contributed by atoms with van der Waals surface area (Å²) in [5.41, 5.74) is 0. The molecule has 0 aliphatic carbocycles. The highest BCUT2D eigenvalue weighted by molar-refractivity contribution is 5.81. The quantitative estimate of drug-likeness (QED) is 0.401. The maximum Gasteiger partial charge on any atom is 0.223 e. The van der Waals surface area contributed by atoms with Crippen LogP contribution < -0.4 is 10.6 Å². The third-order valence-corrected chi connectivity index (χ3v) is 4.29. The number of amides is 1. The molecule has 1 fully saturated rings. The minimum Gasteiger partial charge on any atom is -0.357 e. The zero-order chi connectivity index (χ0) is 17.1. The van der Waals surface area contributed by atoms with Crippen molar-refractivity contribution < 1.29 is 4.79 Å². The van der Waals surface area contributed by atoms with E-state index in [0.717, 1.165) is 38.1 Å². The molecule has 0 spiro atoms. The number of likely N-dealkylation sites (tertiary alicyclic amines) is 1. The molecule has 1 aliphatic rings. The highest BCUT2D eigenvalue weighted by Crippen LogP contribution is 2.16. The number of guanidine groups is 1. The molecule has 6 nitrogen and oxygen atoms in total. The number of aliphatic imine (C=N–C) groups is 1. The first-order valence-electron chi connectivity index (χ1n) is 9.01. The number of nitrogens with one attached hydrogen (secondary N) is 2. The van der Waals surface area contributed by atoms with Gasteiger partial charge in [-0.25, -0.2) is 0 Å². The molecule has 1 aliphatic heterocycles. The van der Waals surface area contributed by atoms with Crippen molar-refractivity contribution >= 4 is 11.9 Å². The molecule has 1 atom stereocenters. The van der Waals surface area contributed by atoms with Gasteiger partial charge in [-0.2, -0.15) is 0 Å². The molecule has 0 saturated carbocycles. The van der Waals surface area contributed by atoms with Crippen LogP contribution in [0.4, 0.5) is 0 Å². The zero-order valence-electron chi connectivity index (χ0n) is 15.4. The number of carbonyl (C=O) groups is 1. The van der Waals surface area contributed by atoms with Crippen LogP contribution in [0.3, 0.4) is 0 Å². The molecule has 0 aromatic heterocycles. The smallest absolute Gasteiger partial charge is 0.223 e. The minimum atomic E-state index is 0.132. The van der Waals surface area contributed by atoms with Gasteiger partial charge in [0.2, 0.25) is 5.91 Å². The Hall–Kier alpha value is -1.30. The van der Waals surface area contributed by atoms with Crippen LogP contribution in [-0.2, 0) is 4.79 Å². The van der Waals surface area contributed by atoms with Crippen molar-refractivity contribution in [2.75, 3.05) is 46.8 Å². The third-order valence-electron chi connectivity index (χ3n) is 4.29. The number of hydrogen-bond acceptors (Lipinski definition) is 3. The molecule has 0 bridgehead atoms. The Bertz CT molecular complexity index is 370. The summed E-state index contributed by atoms with van der Waals surface area (Å²) in [5, 5.41) is 6.46. The molecule has 1 saturated heterocycles. The lowest BCUT2D eigenvalue weighted by atomic mass is 10.0. The Labute approximate surface area is 141 Å². The summed E-state index contributed by atoms with van der Waals surface area (Å²) in [5.74, 6) is 0.943. The summed E-state index contributed by atoms with van der Waals surface area (Å²) in [6, 6.07) is 0.719. The maximum absolute atomic E-state index is 11.6. The van der Waals surface area contributed by atoms with Crippen LogP contribution >= 0.6 is 0 Å². The van der Waals surface area contributed by atoms with Gasteiger partial charge in [-0.05, 0) is 39.7 Å². The second-order valence-corrected chi connectivity index (χ2v) is 6.46. The summed E-state index contributed by atoms with van der Waals surface area (Å²) >= 11 is 0. The molecule has 2 N–H and O–H groups in total. The van der Waals surface area contributed by atoms with Gasteiger partial charge >= 0.3 is 0 Å². The molecule has 134 valence electrons. The maximum atomic E-state index is 11.6. The van der Waals surface area contributed by atoms with Gasteiger partial charge in [-0.1, -0.05) is 6.42 Å². The lowest BCUT2D eigenvalue weighted by Gasteiger charge is -2.33. The first kappa shape index (κ1) is 19.7. The molecule has 0 aromatic rings. The standard InChI is InChI=1S/C17H35N5O/c1-5-18-17(20-12-10-16(23)21(3)4)19-11-8-14-22-13-7-6-9-15(22)2/h15H,5-14H2,1-4H3,(H2,18,19,20). The van der Waals surface area contributed by atoms with Crippen LogP contribution in [0, 0.1) is 0 Å². The fourth-order valence-electron chi connectivity index (χ4n) is 2.81. The average Bonchev–Trinajstić information content (AvgIpc) is 2.52. The van der Waals surface area contributed by atoms with Crippen LogP contribution in [0.25, 0.3) is 0 Å². The van der Waals surface area contributed by atoms with E-state index in [1.54, 1.807) is 19.0 Å². The predicted octanol–water partition coefficient (Wildman–Crippen LogP) is 1.28. The first-order chi connectivity index (χ1) is 11.0. The molecule has 0 radical (unpaired) electrons. The van der Waals surface area contributed by atoms with E-state index in [0.29, 0.717) is 13.0 Å². The van der Waals surface area contributed by atoms with Gasteiger partial charge in [0.05, 0.1) is 0 Å². The fourth-order valence-corrected chi connectivity index (χ4v) is 2.81. The van der Waals surface area contributed by atoms with E-state index < -0.39 is 0 Å². The number of piperidine rings is 1. The molecule has 0 aromatic carbocycles. The molecule has 6 heteroatoms. The van der Waals surface area contributed by atoms with Crippen molar-refractivity contribution in [3.63, 3.8) is 0 Å². The topological polar surface area (TPSA) is 60.0 Å². The summed E-state index contributed by atoms with van der Waals surface area (Å²) in [6.07, 6.45) is 5.60. The van der Waals surface area contributed by atoms with Gasteiger partial charge < -0.3 is 20.4 Å². The van der Waals surface area contributed by atoms with Crippen molar-refractivity contribution in [3.05, 3.63) is 0 Å². The van der Waals surface area contributed by atoms with E-state index in [4.69, 9.17) is 0 Å². The molecular formula is C17H35N5O. The lowest BCUT2D eigenvalue weighted by molar-refractivity contribution is -0.128. The van der Waals surface area contributed by atoms with Gasteiger partial charge in [0, 0.05) is 52.7 Å². The van der Waals surface area contributed by atoms with E-state index >= 15 is 0 Å². The molecule has 1 heterocycles. The largest absolute Gasteiger partial charge is 0.357 e. The summed E-state index contributed by atoms with van der Waals surface area (Å²) in [6.45, 7) is 9.01. The summed E-state index contributed by atoms with van der Waals surface area (Å²) in [4.78, 5) is 20.4. The summed E-state index contributed by atoms with van der Waals surface area (Å²) in [7, 11) is 3.56. The second-order valence-electron chi connectivity index (χ2n) is 6.46. The lowest BCUT2D eigenvalue weighted by Crippen LogP contribution is -2.40. The van der Waals surface area contributed by atoms with Crippen molar-refractivity contribution in [1.82, 2.24) is 20.4 Å². The van der Waals surface area contributed by atoms with Crippen molar-refractivity contribution in [1.29, 1.82) is 0 Å². The molecule has 23 heavy (non-hydrogen) atoms. The third kappa shape index (κ3) is 8.21. The number of rotatable bonds is 8. The van der Waals surface area contributed by atoms with Crippen LogP contribution in [-0.4, -0.2) is 74.5 Å². The molecular weight excluding hydrogens is 290 g/mol. The number of carbonyl (C=O) groups excluding carboxylic acids is 1. The Morgan fingerprint density at radius 2 is 2.09 bits per heavy atom. The highest BCUT2D eigenvalue weighted by atomic mass is 16.2. The Balaban J connectivity index is 2.26. The van der Waals surface area contributed by atoms with Gasteiger partial charge in [0.15, 0.2) is 5.96 Å². The van der Waals surface area contributed by atoms with E-state index in [2.05, 4.69) is 34.4 Å². The molecule has 1 rings (SSSR count). The van der Waals surface area contributed by atoms with Gasteiger partial charge in [-0.3, -0.25) is 9.79 Å². The van der Waals surface area contributed by atoms with E-state index in [1.165, 1.54) is 25.8 Å². The average molecular weight is 326 g/mol. The molecule has 1 unspecified atom stereocenters. The number of nitrogens with zero attached hydrogens (tertiary/aromatic N) is 3. The Morgan fingerprint density at radius 3 is 2.74 bits per heavy atom. The molecule has 1 amide bonds. The van der Waals surface area contributed by atoms with Gasteiger partial charge in [-0.15, -0.1) is 0 Å². The fraction of sp³-hybridized carbons (Fsp3) is 0.882. The highest BCUT2D eigenvalue weighted by Gasteiger charge is 2.16. The normalized spacial score (nSPS) is 19.5. The van der Waals surface area contributed by atoms with E-state index in [1.807, 2.05) is 0 Å². The van der Waals surface area contributed by atoms with Gasteiger partial charge in [0.25, 0.3) is 0 Å². The van der Waals surface area contributed by atoms with Crippen LogP contribution in [0.15, 0.2) is 4.99 Å². The Kier molecular flexibility index (Phi) is 9.67. The number of hydrogen-bond donors (Lipinski definition) is 2.